The SMILES string of the molecule is Cc1ccccc1-c1nc(C(=O)NC(C)(CN)C2CC2)cs1. The third kappa shape index (κ3) is 2.91. The van der Waals surface area contributed by atoms with Crippen LogP contribution in [0.4, 0.5) is 0 Å². The molecule has 1 atom stereocenters. The quantitative estimate of drug-likeness (QED) is 0.891. The van der Waals surface area contributed by atoms with Crippen LogP contribution < -0.4 is 11.1 Å². The van der Waals surface area contributed by atoms with Gasteiger partial charge in [0.05, 0.1) is 5.54 Å². The maximum Gasteiger partial charge on any atom is 0.271 e. The molecule has 5 heteroatoms. The molecule has 0 radical (unpaired) electrons. The molecule has 116 valence electrons. The third-order valence-corrected chi connectivity index (χ3v) is 5.29. The fourth-order valence-electron chi connectivity index (χ4n) is 2.68. The lowest BCUT2D eigenvalue weighted by molar-refractivity contribution is 0.0893. The molecular weight excluding hydrogens is 294 g/mol. The Labute approximate surface area is 134 Å². The first-order chi connectivity index (χ1) is 10.5. The van der Waals surface area contributed by atoms with Crippen molar-refractivity contribution in [1.82, 2.24) is 10.3 Å². The van der Waals surface area contributed by atoms with Gasteiger partial charge in [0.1, 0.15) is 10.7 Å². The van der Waals surface area contributed by atoms with Gasteiger partial charge in [0.15, 0.2) is 0 Å². The molecule has 0 spiro atoms. The second kappa shape index (κ2) is 5.82. The van der Waals surface area contributed by atoms with Crippen LogP contribution >= 0.6 is 11.3 Å². The van der Waals surface area contributed by atoms with E-state index >= 15 is 0 Å². The molecular formula is C17H21N3OS. The summed E-state index contributed by atoms with van der Waals surface area (Å²) in [6, 6.07) is 8.07. The zero-order chi connectivity index (χ0) is 15.7. The fourth-order valence-corrected chi connectivity index (χ4v) is 3.57. The van der Waals surface area contributed by atoms with Crippen molar-refractivity contribution in [1.29, 1.82) is 0 Å². The largest absolute Gasteiger partial charge is 0.344 e. The van der Waals surface area contributed by atoms with Gasteiger partial charge in [-0.3, -0.25) is 4.79 Å². The van der Waals surface area contributed by atoms with E-state index in [1.807, 2.05) is 30.5 Å². The topological polar surface area (TPSA) is 68.0 Å². The molecule has 1 aliphatic rings. The van der Waals surface area contributed by atoms with Gasteiger partial charge in [-0.05, 0) is 38.2 Å². The number of carbonyl (C=O) groups excluding carboxylic acids is 1. The number of amides is 1. The maximum atomic E-state index is 12.5. The predicted molar refractivity (Wildman–Crippen MR) is 89.9 cm³/mol. The van der Waals surface area contributed by atoms with Crippen molar-refractivity contribution in [3.05, 3.63) is 40.9 Å². The van der Waals surface area contributed by atoms with Gasteiger partial charge in [-0.1, -0.05) is 24.3 Å². The average Bonchev–Trinajstić information content (AvgIpc) is 3.26. The number of benzene rings is 1. The second-order valence-corrected chi connectivity index (χ2v) is 7.06. The maximum absolute atomic E-state index is 12.5. The normalized spacial score (nSPS) is 17.0. The zero-order valence-corrected chi connectivity index (χ0v) is 13.7. The Bertz CT molecular complexity index is 693. The number of nitrogens with zero attached hydrogens (tertiary/aromatic N) is 1. The Kier molecular flexibility index (Phi) is 4.02. The van der Waals surface area contributed by atoms with Crippen LogP contribution in [-0.4, -0.2) is 23.0 Å². The van der Waals surface area contributed by atoms with E-state index in [0.29, 0.717) is 18.2 Å². The van der Waals surface area contributed by atoms with Crippen LogP contribution in [0.15, 0.2) is 29.6 Å². The third-order valence-electron chi connectivity index (χ3n) is 4.41. The number of nitrogens with two attached hydrogens (primary N) is 1. The van der Waals surface area contributed by atoms with E-state index < -0.39 is 0 Å². The molecule has 1 aromatic carbocycles. The van der Waals surface area contributed by atoms with Crippen molar-refractivity contribution in [3.63, 3.8) is 0 Å². The number of hydrogen-bond donors (Lipinski definition) is 2. The van der Waals surface area contributed by atoms with Gasteiger partial charge < -0.3 is 11.1 Å². The average molecular weight is 315 g/mol. The van der Waals surface area contributed by atoms with Crippen molar-refractivity contribution < 1.29 is 4.79 Å². The lowest BCUT2D eigenvalue weighted by atomic mass is 9.96. The van der Waals surface area contributed by atoms with Crippen LogP contribution in [0, 0.1) is 12.8 Å². The Hall–Kier alpha value is -1.72. The van der Waals surface area contributed by atoms with E-state index in [2.05, 4.69) is 23.3 Å². The minimum absolute atomic E-state index is 0.129. The zero-order valence-electron chi connectivity index (χ0n) is 12.9. The number of aryl methyl sites for hydroxylation is 1. The lowest BCUT2D eigenvalue weighted by Gasteiger charge is -2.29. The summed E-state index contributed by atoms with van der Waals surface area (Å²) in [4.78, 5) is 17.0. The molecule has 4 nitrogen and oxygen atoms in total. The van der Waals surface area contributed by atoms with Crippen LogP contribution in [0.1, 0.15) is 35.8 Å². The van der Waals surface area contributed by atoms with Gasteiger partial charge in [-0.25, -0.2) is 4.98 Å². The lowest BCUT2D eigenvalue weighted by Crippen LogP contribution is -2.53. The Morgan fingerprint density at radius 1 is 1.45 bits per heavy atom. The highest BCUT2D eigenvalue weighted by Crippen LogP contribution is 2.39. The number of aromatic nitrogens is 1. The van der Waals surface area contributed by atoms with Gasteiger partial charge in [-0.15, -0.1) is 11.3 Å². The van der Waals surface area contributed by atoms with Crippen LogP contribution in [0.3, 0.4) is 0 Å². The minimum Gasteiger partial charge on any atom is -0.344 e. The van der Waals surface area contributed by atoms with Crippen LogP contribution in [-0.2, 0) is 0 Å². The summed E-state index contributed by atoms with van der Waals surface area (Å²) in [6.07, 6.45) is 2.28. The minimum atomic E-state index is -0.316. The van der Waals surface area contributed by atoms with Gasteiger partial charge in [0, 0.05) is 17.5 Å². The second-order valence-electron chi connectivity index (χ2n) is 6.20. The van der Waals surface area contributed by atoms with Crippen molar-refractivity contribution in [3.8, 4) is 10.6 Å². The Morgan fingerprint density at radius 2 is 2.18 bits per heavy atom. The summed E-state index contributed by atoms with van der Waals surface area (Å²) < 4.78 is 0. The molecule has 1 heterocycles. The molecule has 1 unspecified atom stereocenters. The van der Waals surface area contributed by atoms with Crippen molar-refractivity contribution in [2.24, 2.45) is 11.7 Å². The van der Waals surface area contributed by atoms with Crippen molar-refractivity contribution >= 4 is 17.2 Å². The summed E-state index contributed by atoms with van der Waals surface area (Å²) in [5, 5.41) is 5.78. The van der Waals surface area contributed by atoms with E-state index in [1.165, 1.54) is 11.3 Å². The molecule has 1 aromatic heterocycles. The van der Waals surface area contributed by atoms with E-state index in [-0.39, 0.29) is 11.4 Å². The molecule has 22 heavy (non-hydrogen) atoms. The van der Waals surface area contributed by atoms with Crippen LogP contribution in [0.2, 0.25) is 0 Å². The molecule has 1 fully saturated rings. The first kappa shape index (κ1) is 15.2. The molecule has 0 aliphatic heterocycles. The van der Waals surface area contributed by atoms with Gasteiger partial charge in [0.2, 0.25) is 0 Å². The summed E-state index contributed by atoms with van der Waals surface area (Å²) in [6.45, 7) is 4.53. The predicted octanol–water partition coefficient (Wildman–Crippen LogP) is 2.98. The molecule has 1 saturated carbocycles. The fraction of sp³-hybridized carbons (Fsp3) is 0.412. The number of hydrogen-bond acceptors (Lipinski definition) is 4. The summed E-state index contributed by atoms with van der Waals surface area (Å²) in [5.74, 6) is 0.367. The van der Waals surface area contributed by atoms with E-state index in [0.717, 1.165) is 29.0 Å². The molecule has 1 aliphatic carbocycles. The highest BCUT2D eigenvalue weighted by Gasteiger charge is 2.41. The first-order valence-corrected chi connectivity index (χ1v) is 8.45. The number of rotatable bonds is 5. The van der Waals surface area contributed by atoms with Gasteiger partial charge in [0.25, 0.3) is 5.91 Å². The van der Waals surface area contributed by atoms with E-state index in [9.17, 15) is 4.79 Å². The van der Waals surface area contributed by atoms with Gasteiger partial charge in [-0.2, -0.15) is 0 Å². The summed E-state index contributed by atoms with van der Waals surface area (Å²) in [7, 11) is 0. The monoisotopic (exact) mass is 315 g/mol. The summed E-state index contributed by atoms with van der Waals surface area (Å²) in [5.41, 5.74) is 8.26. The molecule has 3 rings (SSSR count). The molecule has 0 bridgehead atoms. The Morgan fingerprint density at radius 3 is 2.82 bits per heavy atom. The van der Waals surface area contributed by atoms with Crippen LogP contribution in [0.5, 0.6) is 0 Å². The van der Waals surface area contributed by atoms with Crippen LogP contribution in [0.25, 0.3) is 10.6 Å². The number of thiazole rings is 1. The molecule has 2 aromatic rings. The number of carbonyl (C=O) groups is 1. The number of nitrogens with one attached hydrogen (secondary N) is 1. The highest BCUT2D eigenvalue weighted by molar-refractivity contribution is 7.13. The highest BCUT2D eigenvalue weighted by atomic mass is 32.1. The standard InChI is InChI=1S/C17H21N3OS/c1-11-5-3-4-6-13(11)16-19-14(9-22-16)15(21)20-17(2,10-18)12-7-8-12/h3-6,9,12H,7-8,10,18H2,1-2H3,(H,20,21). The van der Waals surface area contributed by atoms with E-state index in [1.54, 1.807) is 0 Å². The van der Waals surface area contributed by atoms with Crippen molar-refractivity contribution in [2.45, 2.75) is 32.2 Å². The molecule has 1 amide bonds. The van der Waals surface area contributed by atoms with E-state index in [4.69, 9.17) is 5.73 Å². The molecule has 3 N–H and O–H groups in total. The van der Waals surface area contributed by atoms with Gasteiger partial charge >= 0.3 is 0 Å². The van der Waals surface area contributed by atoms with Crippen molar-refractivity contribution in [2.75, 3.05) is 6.54 Å². The summed E-state index contributed by atoms with van der Waals surface area (Å²) >= 11 is 1.50. The Balaban J connectivity index is 1.79. The smallest absolute Gasteiger partial charge is 0.271 e. The first-order valence-electron chi connectivity index (χ1n) is 7.57. The molecule has 0 saturated heterocycles.